The maximum atomic E-state index is 12.9. The second-order valence-corrected chi connectivity index (χ2v) is 10.1. The van der Waals surface area contributed by atoms with Crippen molar-refractivity contribution in [1.82, 2.24) is 5.32 Å². The van der Waals surface area contributed by atoms with E-state index in [1.807, 2.05) is 18.5 Å². The Hall–Kier alpha value is -0.390. The summed E-state index contributed by atoms with van der Waals surface area (Å²) in [6.45, 7) is 6.64. The average Bonchev–Trinajstić information content (AvgIpc) is 2.91. The molecule has 114 valence electrons. The topological polar surface area (TPSA) is 46.2 Å². The van der Waals surface area contributed by atoms with Crippen LogP contribution in [0.3, 0.4) is 0 Å². The Labute approximate surface area is 126 Å². The Morgan fingerprint density at radius 3 is 2.50 bits per heavy atom. The summed E-state index contributed by atoms with van der Waals surface area (Å²) in [5, 5.41) is 4.76. The second kappa shape index (κ2) is 5.78. The summed E-state index contributed by atoms with van der Waals surface area (Å²) >= 11 is 1.33. The van der Waals surface area contributed by atoms with Crippen LogP contribution in [0.2, 0.25) is 0 Å². The van der Waals surface area contributed by atoms with Crippen LogP contribution >= 0.6 is 11.3 Å². The highest BCUT2D eigenvalue weighted by Gasteiger charge is 2.42. The Morgan fingerprint density at radius 1 is 1.30 bits per heavy atom. The van der Waals surface area contributed by atoms with E-state index in [2.05, 4.69) is 26.1 Å². The van der Waals surface area contributed by atoms with Crippen LogP contribution in [-0.4, -0.2) is 26.8 Å². The molecule has 1 aliphatic rings. The molecule has 1 saturated carbocycles. The van der Waals surface area contributed by atoms with Crippen molar-refractivity contribution in [2.24, 2.45) is 11.3 Å². The van der Waals surface area contributed by atoms with Crippen LogP contribution in [0, 0.1) is 11.3 Å². The van der Waals surface area contributed by atoms with Crippen molar-refractivity contribution >= 4 is 21.2 Å². The van der Waals surface area contributed by atoms with Gasteiger partial charge in [-0.2, -0.15) is 0 Å². The number of hydrogen-bond acceptors (Lipinski definition) is 4. The van der Waals surface area contributed by atoms with E-state index in [0.717, 1.165) is 19.3 Å². The molecule has 3 nitrogen and oxygen atoms in total. The summed E-state index contributed by atoms with van der Waals surface area (Å²) < 4.78 is 26.2. The normalized spacial score (nSPS) is 28.5. The van der Waals surface area contributed by atoms with Gasteiger partial charge in [-0.3, -0.25) is 0 Å². The molecule has 1 aliphatic carbocycles. The van der Waals surface area contributed by atoms with Gasteiger partial charge in [-0.1, -0.05) is 26.8 Å². The third-order valence-electron chi connectivity index (χ3n) is 4.56. The fourth-order valence-electron chi connectivity index (χ4n) is 3.16. The molecule has 1 aromatic heterocycles. The van der Waals surface area contributed by atoms with E-state index in [4.69, 9.17) is 0 Å². The fourth-order valence-corrected chi connectivity index (χ4v) is 6.44. The molecule has 2 rings (SSSR count). The molecule has 0 saturated heterocycles. The highest BCUT2D eigenvalue weighted by Crippen LogP contribution is 2.41. The monoisotopic (exact) mass is 315 g/mol. The molecule has 1 heterocycles. The molecule has 1 N–H and O–H groups in total. The molecule has 0 aromatic carbocycles. The van der Waals surface area contributed by atoms with Crippen molar-refractivity contribution in [2.45, 2.75) is 55.5 Å². The number of nitrogens with one attached hydrogen (secondary N) is 1. The van der Waals surface area contributed by atoms with Crippen molar-refractivity contribution < 1.29 is 8.42 Å². The minimum atomic E-state index is -3.22. The first-order valence-electron chi connectivity index (χ1n) is 7.21. The molecule has 1 aromatic rings. The molecule has 1 fully saturated rings. The average molecular weight is 316 g/mol. The largest absolute Gasteiger partial charge is 0.316 e. The quantitative estimate of drug-likeness (QED) is 0.930. The molecule has 0 aliphatic heterocycles. The summed E-state index contributed by atoms with van der Waals surface area (Å²) in [4.78, 5) is 0. The van der Waals surface area contributed by atoms with Crippen molar-refractivity contribution in [2.75, 3.05) is 7.05 Å². The second-order valence-electron chi connectivity index (χ2n) is 6.79. The lowest BCUT2D eigenvalue weighted by atomic mass is 9.71. The van der Waals surface area contributed by atoms with E-state index in [-0.39, 0.29) is 16.7 Å². The Balaban J connectivity index is 2.31. The van der Waals surface area contributed by atoms with Crippen molar-refractivity contribution in [3.8, 4) is 0 Å². The molecule has 5 heteroatoms. The number of hydrogen-bond donors (Lipinski definition) is 1. The lowest BCUT2D eigenvalue weighted by molar-refractivity contribution is 0.164. The third-order valence-corrected chi connectivity index (χ3v) is 8.22. The lowest BCUT2D eigenvalue weighted by Gasteiger charge is -2.41. The summed E-state index contributed by atoms with van der Waals surface area (Å²) in [7, 11) is -1.34. The van der Waals surface area contributed by atoms with Crippen molar-refractivity contribution in [1.29, 1.82) is 0 Å². The van der Waals surface area contributed by atoms with Crippen LogP contribution in [0.25, 0.3) is 0 Å². The summed E-state index contributed by atoms with van der Waals surface area (Å²) in [6, 6.07) is 3.62. The minimum absolute atomic E-state index is 0.0701. The molecule has 20 heavy (non-hydrogen) atoms. The van der Waals surface area contributed by atoms with Crippen LogP contribution < -0.4 is 5.32 Å². The first-order chi connectivity index (χ1) is 9.26. The van der Waals surface area contributed by atoms with Gasteiger partial charge in [-0.05, 0) is 49.1 Å². The smallest absolute Gasteiger partial charge is 0.192 e. The Kier molecular flexibility index (Phi) is 4.62. The van der Waals surface area contributed by atoms with Gasteiger partial charge in [0.05, 0.1) is 5.25 Å². The molecule has 0 radical (unpaired) electrons. The van der Waals surface area contributed by atoms with Gasteiger partial charge in [0.1, 0.15) is 4.21 Å². The Bertz CT molecular complexity index is 529. The van der Waals surface area contributed by atoms with Crippen LogP contribution in [0.4, 0.5) is 0 Å². The van der Waals surface area contributed by atoms with E-state index < -0.39 is 9.84 Å². The van der Waals surface area contributed by atoms with E-state index in [0.29, 0.717) is 10.1 Å². The van der Waals surface area contributed by atoms with Gasteiger partial charge in [0, 0.05) is 6.04 Å². The molecular formula is C15H25NO2S2. The first kappa shape index (κ1) is 16.0. The SMILES string of the molecule is CNC1CCC(C(C)(C)C)CC1S(=O)(=O)c1cccs1. The number of thiophene rings is 1. The van der Waals surface area contributed by atoms with Crippen molar-refractivity contribution in [3.05, 3.63) is 17.5 Å². The van der Waals surface area contributed by atoms with Gasteiger partial charge in [-0.25, -0.2) is 8.42 Å². The van der Waals surface area contributed by atoms with Gasteiger partial charge in [0.2, 0.25) is 0 Å². The van der Waals surface area contributed by atoms with E-state index in [1.165, 1.54) is 11.3 Å². The zero-order chi connectivity index (χ0) is 15.0. The van der Waals surface area contributed by atoms with Gasteiger partial charge in [-0.15, -0.1) is 11.3 Å². The maximum Gasteiger partial charge on any atom is 0.192 e. The third kappa shape index (κ3) is 3.10. The standard InChI is InChI=1S/C15H25NO2S2/c1-15(2,3)11-7-8-12(16-4)13(10-11)20(17,18)14-6-5-9-19-14/h5-6,9,11-13,16H,7-8,10H2,1-4H3. The predicted molar refractivity (Wildman–Crippen MR) is 84.9 cm³/mol. The predicted octanol–water partition coefficient (Wildman–Crippen LogP) is 3.32. The summed E-state index contributed by atoms with van der Waals surface area (Å²) in [5.41, 5.74) is 0.169. The fraction of sp³-hybridized carbons (Fsp3) is 0.733. The van der Waals surface area contributed by atoms with Gasteiger partial charge < -0.3 is 5.32 Å². The van der Waals surface area contributed by atoms with Gasteiger partial charge >= 0.3 is 0 Å². The zero-order valence-electron chi connectivity index (χ0n) is 12.7. The molecule has 3 unspecified atom stereocenters. The molecule has 0 amide bonds. The minimum Gasteiger partial charge on any atom is -0.316 e. The zero-order valence-corrected chi connectivity index (χ0v) is 14.4. The van der Waals surface area contributed by atoms with Crippen LogP contribution in [0.15, 0.2) is 21.7 Å². The number of sulfone groups is 1. The van der Waals surface area contributed by atoms with E-state index in [1.54, 1.807) is 6.07 Å². The number of rotatable bonds is 3. The van der Waals surface area contributed by atoms with E-state index in [9.17, 15) is 8.42 Å². The van der Waals surface area contributed by atoms with Crippen molar-refractivity contribution in [3.63, 3.8) is 0 Å². The van der Waals surface area contributed by atoms with Gasteiger partial charge in [0.25, 0.3) is 0 Å². The first-order valence-corrected chi connectivity index (χ1v) is 9.64. The molecule has 0 bridgehead atoms. The molecular weight excluding hydrogens is 290 g/mol. The lowest BCUT2D eigenvalue weighted by Crippen LogP contribution is -2.48. The highest BCUT2D eigenvalue weighted by atomic mass is 32.2. The Morgan fingerprint density at radius 2 is 2.00 bits per heavy atom. The van der Waals surface area contributed by atoms with Gasteiger partial charge in [0.15, 0.2) is 9.84 Å². The maximum absolute atomic E-state index is 12.9. The highest BCUT2D eigenvalue weighted by molar-refractivity contribution is 7.94. The molecule has 0 spiro atoms. The molecule has 3 atom stereocenters. The summed E-state index contributed by atoms with van der Waals surface area (Å²) in [6.07, 6.45) is 2.80. The van der Waals surface area contributed by atoms with Crippen LogP contribution in [0.5, 0.6) is 0 Å². The van der Waals surface area contributed by atoms with E-state index >= 15 is 0 Å². The van der Waals surface area contributed by atoms with Crippen LogP contribution in [0.1, 0.15) is 40.0 Å². The van der Waals surface area contributed by atoms with Crippen LogP contribution in [-0.2, 0) is 9.84 Å². The summed E-state index contributed by atoms with van der Waals surface area (Å²) in [5.74, 6) is 0.465.